The van der Waals surface area contributed by atoms with E-state index in [1.54, 1.807) is 12.1 Å². The summed E-state index contributed by atoms with van der Waals surface area (Å²) >= 11 is 0. The molecule has 1 atom stereocenters. The van der Waals surface area contributed by atoms with Gasteiger partial charge in [-0.2, -0.15) is 0 Å². The first-order valence-corrected chi connectivity index (χ1v) is 7.49. The van der Waals surface area contributed by atoms with Crippen LogP contribution in [-0.2, 0) is 4.79 Å². The van der Waals surface area contributed by atoms with Crippen molar-refractivity contribution in [2.75, 3.05) is 5.01 Å². The molecule has 0 fully saturated rings. The number of nitrogens with two attached hydrogens (primary N) is 1. The normalized spacial score (nSPS) is 19.0. The number of aliphatic imine (C=N–C) groups is 1. The fourth-order valence-corrected chi connectivity index (χ4v) is 2.82. The van der Waals surface area contributed by atoms with Crippen LogP contribution in [0.1, 0.15) is 0 Å². The van der Waals surface area contributed by atoms with Crippen LogP contribution in [-0.4, -0.2) is 22.6 Å². The number of nitrogens with zero attached hydrogens (tertiary/aromatic N) is 2. The smallest absolute Gasteiger partial charge is 0.273 e. The van der Waals surface area contributed by atoms with Gasteiger partial charge in [-0.1, -0.05) is 42.5 Å². The largest absolute Gasteiger partial charge is 0.320 e. The topological polar surface area (TPSA) is 91.5 Å². The van der Waals surface area contributed by atoms with Crippen molar-refractivity contribution >= 4 is 28.2 Å². The van der Waals surface area contributed by atoms with Gasteiger partial charge in [0.1, 0.15) is 5.69 Å². The number of para-hydroxylation sites is 1. The first-order valence-electron chi connectivity index (χ1n) is 7.49. The average Bonchev–Trinajstić information content (AvgIpc) is 2.60. The first-order chi connectivity index (χ1) is 11.6. The number of dihydropyridines is 1. The van der Waals surface area contributed by atoms with Crippen LogP contribution in [0.25, 0.3) is 10.9 Å². The Morgan fingerprint density at radius 1 is 1.17 bits per heavy atom. The molecule has 6 nitrogen and oxygen atoms in total. The number of carbonyl (C=O) groups is 1. The minimum atomic E-state index is -0.374. The molecule has 4 rings (SSSR count). The fourth-order valence-electron chi connectivity index (χ4n) is 2.82. The van der Waals surface area contributed by atoms with Crippen LogP contribution < -0.4 is 16.4 Å². The summed E-state index contributed by atoms with van der Waals surface area (Å²) in [5, 5.41) is 1.88. The highest BCUT2D eigenvalue weighted by Crippen LogP contribution is 2.21. The Balaban J connectivity index is 1.78. The summed E-state index contributed by atoms with van der Waals surface area (Å²) in [6.45, 7) is 0. The number of nitrogens with one attached hydrogen (secondary N) is 1. The Kier molecular flexibility index (Phi) is 3.25. The van der Waals surface area contributed by atoms with Gasteiger partial charge < -0.3 is 4.98 Å². The van der Waals surface area contributed by atoms with E-state index in [-0.39, 0.29) is 28.9 Å². The zero-order valence-corrected chi connectivity index (χ0v) is 12.6. The third kappa shape index (κ3) is 2.29. The second-order valence-corrected chi connectivity index (χ2v) is 5.59. The number of carbonyl (C=O) groups excluding carboxylic acids is 1. The number of benzene rings is 1. The molecule has 2 aliphatic rings. The highest BCUT2D eigenvalue weighted by Gasteiger charge is 2.26. The Morgan fingerprint density at radius 3 is 2.88 bits per heavy atom. The maximum Gasteiger partial charge on any atom is 0.273 e. The molecule has 0 saturated heterocycles. The van der Waals surface area contributed by atoms with Crippen LogP contribution in [0.15, 0.2) is 76.1 Å². The lowest BCUT2D eigenvalue weighted by molar-refractivity contribution is -0.109. The van der Waals surface area contributed by atoms with Crippen LogP contribution in [0, 0.1) is 0 Å². The molecule has 1 aromatic heterocycles. The molecular formula is C18H14N4O2. The number of amidine groups is 1. The van der Waals surface area contributed by atoms with Crippen molar-refractivity contribution in [1.29, 1.82) is 0 Å². The number of fused-ring (bicyclic) bond motifs is 2. The number of aromatic amines is 1. The van der Waals surface area contributed by atoms with Gasteiger partial charge in [0.25, 0.3) is 5.56 Å². The second kappa shape index (κ2) is 5.43. The van der Waals surface area contributed by atoms with E-state index in [2.05, 4.69) is 9.98 Å². The fraction of sp³-hybridized carbons (Fsp3) is 0.0556. The number of pyridine rings is 1. The maximum atomic E-state index is 12.3. The predicted molar refractivity (Wildman–Crippen MR) is 93.8 cm³/mol. The van der Waals surface area contributed by atoms with Crippen LogP contribution in [0.5, 0.6) is 0 Å². The average molecular weight is 318 g/mol. The molecular weight excluding hydrogens is 304 g/mol. The number of hydrogen-bond donors (Lipinski definition) is 2. The standard InChI is InChI=1S/C18H14N4O2/c19-22(15-9-11-5-1-4-8-14(11)21-18(15)24)17-16(23)10-12-6-2-3-7-13(12)20-17/h1-10,13H,19H2,(H,21,24). The second-order valence-electron chi connectivity index (χ2n) is 5.59. The number of hydrazine groups is 1. The summed E-state index contributed by atoms with van der Waals surface area (Å²) < 4.78 is 0. The van der Waals surface area contributed by atoms with Gasteiger partial charge in [0.05, 0.1) is 6.04 Å². The van der Waals surface area contributed by atoms with Gasteiger partial charge in [0.2, 0.25) is 5.78 Å². The molecule has 0 spiro atoms. The van der Waals surface area contributed by atoms with Gasteiger partial charge in [-0.15, -0.1) is 0 Å². The van der Waals surface area contributed by atoms with Crippen molar-refractivity contribution in [2.45, 2.75) is 6.04 Å². The Bertz CT molecular complexity index is 1030. The number of ketones is 1. The van der Waals surface area contributed by atoms with E-state index in [1.807, 2.05) is 42.5 Å². The third-order valence-corrected chi connectivity index (χ3v) is 4.04. The van der Waals surface area contributed by atoms with Crippen LogP contribution >= 0.6 is 0 Å². The summed E-state index contributed by atoms with van der Waals surface area (Å²) in [6.07, 6.45) is 8.93. The molecule has 0 amide bonds. The zero-order chi connectivity index (χ0) is 16.7. The van der Waals surface area contributed by atoms with Crippen LogP contribution in [0.2, 0.25) is 0 Å². The van der Waals surface area contributed by atoms with E-state index >= 15 is 0 Å². The van der Waals surface area contributed by atoms with E-state index in [0.717, 1.165) is 16.0 Å². The monoisotopic (exact) mass is 318 g/mol. The molecule has 0 saturated carbocycles. The lowest BCUT2D eigenvalue weighted by Crippen LogP contribution is -2.46. The molecule has 2 aromatic rings. The molecule has 0 bridgehead atoms. The minimum absolute atomic E-state index is 0.0458. The van der Waals surface area contributed by atoms with Gasteiger partial charge in [-0.05, 0) is 23.8 Å². The van der Waals surface area contributed by atoms with E-state index in [0.29, 0.717) is 5.52 Å². The number of hydrogen-bond acceptors (Lipinski definition) is 5. The lowest BCUT2D eigenvalue weighted by Gasteiger charge is -2.24. The van der Waals surface area contributed by atoms with E-state index < -0.39 is 0 Å². The highest BCUT2D eigenvalue weighted by atomic mass is 16.1. The molecule has 118 valence electrons. The summed E-state index contributed by atoms with van der Waals surface area (Å²) in [4.78, 5) is 31.8. The van der Waals surface area contributed by atoms with Crippen LogP contribution in [0.3, 0.4) is 0 Å². The molecule has 1 aliphatic heterocycles. The molecule has 3 N–H and O–H groups in total. The highest BCUT2D eigenvalue weighted by molar-refractivity contribution is 6.48. The first kappa shape index (κ1) is 14.3. The summed E-state index contributed by atoms with van der Waals surface area (Å²) in [5.74, 6) is 5.79. The number of anilines is 1. The van der Waals surface area contributed by atoms with Crippen molar-refractivity contribution < 1.29 is 4.79 Å². The van der Waals surface area contributed by atoms with E-state index in [9.17, 15) is 9.59 Å². The third-order valence-electron chi connectivity index (χ3n) is 4.04. The number of aromatic nitrogens is 1. The van der Waals surface area contributed by atoms with Crippen molar-refractivity contribution in [3.05, 3.63) is 76.6 Å². The van der Waals surface area contributed by atoms with E-state index in [1.165, 1.54) is 6.08 Å². The minimum Gasteiger partial charge on any atom is -0.320 e. The molecule has 2 heterocycles. The summed E-state index contributed by atoms with van der Waals surface area (Å²) in [6, 6.07) is 8.76. The maximum absolute atomic E-state index is 12.3. The van der Waals surface area contributed by atoms with Gasteiger partial charge in [-0.3, -0.25) is 19.6 Å². The molecule has 24 heavy (non-hydrogen) atoms. The molecule has 1 unspecified atom stereocenters. The number of rotatable bonds is 1. The van der Waals surface area contributed by atoms with Gasteiger partial charge in [0.15, 0.2) is 5.84 Å². The molecule has 6 heteroatoms. The quantitative estimate of drug-likeness (QED) is 0.617. The SMILES string of the molecule is NN(C1=NC2C=CC=CC2=CC1=O)c1cc2ccccc2[nH]c1=O. The lowest BCUT2D eigenvalue weighted by atomic mass is 9.98. The Morgan fingerprint density at radius 2 is 2.00 bits per heavy atom. The van der Waals surface area contributed by atoms with Gasteiger partial charge in [-0.25, -0.2) is 5.84 Å². The Labute approximate surface area is 137 Å². The van der Waals surface area contributed by atoms with Crippen molar-refractivity contribution in [1.82, 2.24) is 4.98 Å². The van der Waals surface area contributed by atoms with Crippen molar-refractivity contribution in [3.8, 4) is 0 Å². The Hall–Kier alpha value is -3.25. The molecule has 0 radical (unpaired) electrons. The molecule has 1 aliphatic carbocycles. The van der Waals surface area contributed by atoms with Crippen molar-refractivity contribution in [3.63, 3.8) is 0 Å². The van der Waals surface area contributed by atoms with Gasteiger partial charge >= 0.3 is 0 Å². The van der Waals surface area contributed by atoms with Crippen LogP contribution in [0.4, 0.5) is 5.69 Å². The number of allylic oxidation sites excluding steroid dienone is 2. The van der Waals surface area contributed by atoms with Gasteiger partial charge in [0, 0.05) is 10.9 Å². The van der Waals surface area contributed by atoms with E-state index in [4.69, 9.17) is 5.84 Å². The number of H-pyrrole nitrogens is 1. The molecule has 1 aromatic carbocycles. The zero-order valence-electron chi connectivity index (χ0n) is 12.6. The predicted octanol–water partition coefficient (Wildman–Crippen LogP) is 1.61. The van der Waals surface area contributed by atoms with Crippen molar-refractivity contribution in [2.24, 2.45) is 10.8 Å². The summed E-state index contributed by atoms with van der Waals surface area (Å²) in [5.41, 5.74) is 1.32. The summed E-state index contributed by atoms with van der Waals surface area (Å²) in [7, 11) is 0.